The van der Waals surface area contributed by atoms with E-state index in [9.17, 15) is 4.79 Å². The van der Waals surface area contributed by atoms with Crippen LogP contribution in [0.2, 0.25) is 0 Å². The molecule has 0 bridgehead atoms. The van der Waals surface area contributed by atoms with E-state index in [4.69, 9.17) is 5.11 Å². The molecule has 2 aromatic rings. The zero-order valence-corrected chi connectivity index (χ0v) is 8.87. The van der Waals surface area contributed by atoms with Crippen LogP contribution in [0.5, 0.6) is 0 Å². The molecule has 0 aromatic carbocycles. The second kappa shape index (κ2) is 4.18. The fourth-order valence-corrected chi connectivity index (χ4v) is 1.59. The van der Waals surface area contributed by atoms with Crippen molar-refractivity contribution in [2.45, 2.75) is 13.0 Å². The summed E-state index contributed by atoms with van der Waals surface area (Å²) in [6.45, 7) is 0.646. The van der Waals surface area contributed by atoms with Crippen LogP contribution < -0.4 is 0 Å². The Balaban J connectivity index is 2.14. The van der Waals surface area contributed by atoms with E-state index >= 15 is 0 Å². The number of aromatic nitrogens is 4. The van der Waals surface area contributed by atoms with Crippen molar-refractivity contribution < 1.29 is 9.90 Å². The Hall–Kier alpha value is -2.11. The van der Waals surface area contributed by atoms with Gasteiger partial charge in [0.1, 0.15) is 5.56 Å². The van der Waals surface area contributed by atoms with E-state index in [2.05, 4.69) is 10.2 Å². The first kappa shape index (κ1) is 10.4. The number of aromatic carboxylic acids is 1. The summed E-state index contributed by atoms with van der Waals surface area (Å²) in [4.78, 5) is 10.9. The van der Waals surface area contributed by atoms with E-state index in [-0.39, 0.29) is 5.56 Å². The van der Waals surface area contributed by atoms with Crippen LogP contribution >= 0.6 is 0 Å². The summed E-state index contributed by atoms with van der Waals surface area (Å²) in [6.07, 6.45) is 5.51. The Morgan fingerprint density at radius 1 is 1.50 bits per heavy atom. The third-order valence-corrected chi connectivity index (χ3v) is 2.43. The summed E-state index contributed by atoms with van der Waals surface area (Å²) >= 11 is 0. The number of carbonyl (C=O) groups is 1. The van der Waals surface area contributed by atoms with E-state index in [0.29, 0.717) is 18.7 Å². The van der Waals surface area contributed by atoms with E-state index in [0.717, 1.165) is 0 Å². The summed E-state index contributed by atoms with van der Waals surface area (Å²) in [5, 5.41) is 17.0. The number of hydrogen-bond donors (Lipinski definition) is 1. The van der Waals surface area contributed by atoms with Crippen LogP contribution in [0.15, 0.2) is 24.7 Å². The van der Waals surface area contributed by atoms with Gasteiger partial charge in [0.15, 0.2) is 0 Å². The predicted molar refractivity (Wildman–Crippen MR) is 56.1 cm³/mol. The Kier molecular flexibility index (Phi) is 2.72. The van der Waals surface area contributed by atoms with Gasteiger partial charge < -0.3 is 5.11 Å². The van der Waals surface area contributed by atoms with Gasteiger partial charge in [-0.05, 0) is 6.07 Å². The number of carboxylic acid groups (broad SMARTS) is 1. The zero-order valence-electron chi connectivity index (χ0n) is 8.87. The molecule has 0 radical (unpaired) electrons. The van der Waals surface area contributed by atoms with Crippen LogP contribution in [0.25, 0.3) is 0 Å². The fourth-order valence-electron chi connectivity index (χ4n) is 1.59. The number of hydrogen-bond acceptors (Lipinski definition) is 3. The second-order valence-corrected chi connectivity index (χ2v) is 3.45. The molecule has 0 amide bonds. The average Bonchev–Trinajstić information content (AvgIpc) is 2.84. The van der Waals surface area contributed by atoms with Crippen molar-refractivity contribution >= 4 is 5.97 Å². The van der Waals surface area contributed by atoms with Crippen molar-refractivity contribution in [3.05, 3.63) is 35.9 Å². The van der Waals surface area contributed by atoms with Gasteiger partial charge >= 0.3 is 5.97 Å². The molecular formula is C10H12N4O2. The van der Waals surface area contributed by atoms with Gasteiger partial charge in [0.05, 0.1) is 11.9 Å². The summed E-state index contributed by atoms with van der Waals surface area (Å²) in [7, 11) is 1.74. The van der Waals surface area contributed by atoms with Crippen molar-refractivity contribution in [2.24, 2.45) is 7.05 Å². The normalized spacial score (nSPS) is 10.6. The quantitative estimate of drug-likeness (QED) is 0.817. The Bertz CT molecular complexity index is 487. The predicted octanol–water partition coefficient (Wildman–Crippen LogP) is 0.557. The van der Waals surface area contributed by atoms with Crippen LogP contribution in [0.3, 0.4) is 0 Å². The zero-order chi connectivity index (χ0) is 11.5. The second-order valence-electron chi connectivity index (χ2n) is 3.45. The summed E-state index contributed by atoms with van der Waals surface area (Å²) in [6, 6.07) is 1.83. The van der Waals surface area contributed by atoms with Crippen molar-refractivity contribution in [2.75, 3.05) is 0 Å². The minimum atomic E-state index is -0.941. The molecule has 0 unspecified atom stereocenters. The van der Waals surface area contributed by atoms with Crippen LogP contribution in [0.1, 0.15) is 16.1 Å². The van der Waals surface area contributed by atoms with Crippen LogP contribution in [0.4, 0.5) is 0 Å². The maximum atomic E-state index is 10.9. The SMILES string of the molecule is Cn1ncc(C(=O)O)c1CCn1cccn1. The molecule has 0 fully saturated rings. The number of nitrogens with zero attached hydrogens (tertiary/aromatic N) is 4. The number of rotatable bonds is 4. The molecule has 0 saturated carbocycles. The van der Waals surface area contributed by atoms with Gasteiger partial charge in [-0.2, -0.15) is 10.2 Å². The van der Waals surface area contributed by atoms with Gasteiger partial charge in [-0.15, -0.1) is 0 Å². The molecule has 0 saturated heterocycles. The van der Waals surface area contributed by atoms with Gasteiger partial charge in [-0.25, -0.2) is 4.79 Å². The molecule has 84 valence electrons. The smallest absolute Gasteiger partial charge is 0.339 e. The lowest BCUT2D eigenvalue weighted by Gasteiger charge is -2.04. The molecule has 16 heavy (non-hydrogen) atoms. The van der Waals surface area contributed by atoms with Crippen molar-refractivity contribution in [1.29, 1.82) is 0 Å². The number of aryl methyl sites for hydroxylation is 2. The van der Waals surface area contributed by atoms with Crippen LogP contribution in [-0.2, 0) is 20.0 Å². The highest BCUT2D eigenvalue weighted by atomic mass is 16.4. The molecular weight excluding hydrogens is 208 g/mol. The molecule has 2 rings (SSSR count). The highest BCUT2D eigenvalue weighted by molar-refractivity contribution is 5.88. The molecule has 2 aromatic heterocycles. The third-order valence-electron chi connectivity index (χ3n) is 2.43. The lowest BCUT2D eigenvalue weighted by molar-refractivity contribution is 0.0695. The molecule has 0 aliphatic carbocycles. The molecule has 0 atom stereocenters. The number of carboxylic acids is 1. The Morgan fingerprint density at radius 2 is 2.31 bits per heavy atom. The van der Waals surface area contributed by atoms with Gasteiger partial charge in [-0.1, -0.05) is 0 Å². The monoisotopic (exact) mass is 220 g/mol. The van der Waals surface area contributed by atoms with Crippen molar-refractivity contribution in [3.8, 4) is 0 Å². The van der Waals surface area contributed by atoms with E-state index in [1.807, 2.05) is 12.3 Å². The minimum absolute atomic E-state index is 0.259. The highest BCUT2D eigenvalue weighted by Crippen LogP contribution is 2.09. The first-order chi connectivity index (χ1) is 7.68. The van der Waals surface area contributed by atoms with Crippen molar-refractivity contribution in [1.82, 2.24) is 19.6 Å². The Morgan fingerprint density at radius 3 is 2.94 bits per heavy atom. The first-order valence-electron chi connectivity index (χ1n) is 4.90. The summed E-state index contributed by atoms with van der Waals surface area (Å²) in [5.41, 5.74) is 0.970. The largest absolute Gasteiger partial charge is 0.478 e. The minimum Gasteiger partial charge on any atom is -0.478 e. The van der Waals surface area contributed by atoms with E-state index in [1.165, 1.54) is 6.20 Å². The summed E-state index contributed by atoms with van der Waals surface area (Å²) in [5.74, 6) is -0.941. The van der Waals surface area contributed by atoms with Crippen molar-refractivity contribution in [3.63, 3.8) is 0 Å². The molecule has 0 aliphatic heterocycles. The molecule has 2 heterocycles. The molecule has 1 N–H and O–H groups in total. The third kappa shape index (κ3) is 1.95. The average molecular weight is 220 g/mol. The molecule has 0 spiro atoms. The summed E-state index contributed by atoms with van der Waals surface area (Å²) < 4.78 is 3.35. The van der Waals surface area contributed by atoms with Crippen LogP contribution in [-0.4, -0.2) is 30.6 Å². The molecule has 6 nitrogen and oxygen atoms in total. The van der Waals surface area contributed by atoms with Gasteiger partial charge in [-0.3, -0.25) is 9.36 Å². The van der Waals surface area contributed by atoms with E-state index in [1.54, 1.807) is 22.6 Å². The fraction of sp³-hybridized carbons (Fsp3) is 0.300. The lowest BCUT2D eigenvalue weighted by atomic mass is 10.2. The van der Waals surface area contributed by atoms with Gasteiger partial charge in [0.25, 0.3) is 0 Å². The van der Waals surface area contributed by atoms with E-state index < -0.39 is 5.97 Å². The molecule has 6 heteroatoms. The van der Waals surface area contributed by atoms with Gasteiger partial charge in [0.2, 0.25) is 0 Å². The maximum absolute atomic E-state index is 10.9. The maximum Gasteiger partial charge on any atom is 0.339 e. The topological polar surface area (TPSA) is 72.9 Å². The van der Waals surface area contributed by atoms with Crippen LogP contribution in [0, 0.1) is 0 Å². The molecule has 0 aliphatic rings. The van der Waals surface area contributed by atoms with Gasteiger partial charge in [0, 0.05) is 32.4 Å². The lowest BCUT2D eigenvalue weighted by Crippen LogP contribution is -2.09. The standard InChI is InChI=1S/C10H12N4O2/c1-13-9(8(7-12-13)10(15)16)3-6-14-5-2-4-11-14/h2,4-5,7H,3,6H2,1H3,(H,15,16). The first-order valence-corrected chi connectivity index (χ1v) is 4.90. The highest BCUT2D eigenvalue weighted by Gasteiger charge is 2.14. The Labute approximate surface area is 92.1 Å².